The van der Waals surface area contributed by atoms with E-state index in [1.54, 1.807) is 6.08 Å². The van der Waals surface area contributed by atoms with Crippen molar-refractivity contribution in [3.63, 3.8) is 0 Å². The second-order valence-electron chi connectivity index (χ2n) is 17.9. The zero-order valence-corrected chi connectivity index (χ0v) is 41.2. The predicted octanol–water partition coefficient (Wildman–Crippen LogP) is 12.3. The van der Waals surface area contributed by atoms with Gasteiger partial charge < -0.3 is 40.3 Å². The number of nitrogens with one attached hydrogen (secondary N) is 1. The topological polar surface area (TPSA) is 149 Å². The monoisotopic (exact) mass is 912 g/mol. The largest absolute Gasteiger partial charge is 0.394 e. The van der Waals surface area contributed by atoms with E-state index in [-0.39, 0.29) is 12.5 Å². The summed E-state index contributed by atoms with van der Waals surface area (Å²) in [6.07, 6.45) is 56.4. The average molecular weight is 912 g/mol. The SMILES string of the molecule is CC/C=C\C/C=C\C/C=C\C/C=C\C/C=C\CCCCCC(=O)NC(COC1OC(CO)C(O)C(O)C1O)C(O)/C=C/CC/C=C/CCCCCCCCCCCCCCCCCCC. The Morgan fingerprint density at radius 2 is 0.969 bits per heavy atom. The van der Waals surface area contributed by atoms with Gasteiger partial charge >= 0.3 is 0 Å². The summed E-state index contributed by atoms with van der Waals surface area (Å²) in [7, 11) is 0. The van der Waals surface area contributed by atoms with Crippen LogP contribution in [0.3, 0.4) is 0 Å². The van der Waals surface area contributed by atoms with Gasteiger partial charge in [0.15, 0.2) is 6.29 Å². The fraction of sp³-hybridized carbons (Fsp3) is 0.732. The summed E-state index contributed by atoms with van der Waals surface area (Å²) in [6, 6.07) is -0.845. The second-order valence-corrected chi connectivity index (χ2v) is 17.9. The molecule has 1 fully saturated rings. The number of aliphatic hydroxyl groups excluding tert-OH is 5. The zero-order chi connectivity index (χ0) is 47.3. The molecule has 9 nitrogen and oxygen atoms in total. The van der Waals surface area contributed by atoms with Gasteiger partial charge in [-0.2, -0.15) is 0 Å². The third-order valence-corrected chi connectivity index (χ3v) is 12.0. The van der Waals surface area contributed by atoms with Crippen molar-refractivity contribution in [1.29, 1.82) is 0 Å². The Morgan fingerprint density at radius 3 is 1.48 bits per heavy atom. The molecule has 9 heteroatoms. The molecule has 1 rings (SSSR count). The van der Waals surface area contributed by atoms with E-state index in [9.17, 15) is 30.3 Å². The van der Waals surface area contributed by atoms with Crippen LogP contribution in [0.15, 0.2) is 85.1 Å². The lowest BCUT2D eigenvalue weighted by atomic mass is 9.99. The minimum absolute atomic E-state index is 0.219. The number of hydrogen-bond acceptors (Lipinski definition) is 8. The number of ether oxygens (including phenoxy) is 2. The number of unbranched alkanes of at least 4 members (excludes halogenated alkanes) is 21. The van der Waals surface area contributed by atoms with E-state index < -0.39 is 49.5 Å². The molecule has 0 aromatic heterocycles. The Balaban J connectivity index is 2.34. The smallest absolute Gasteiger partial charge is 0.220 e. The number of carbonyl (C=O) groups excluding carboxylic acids is 1. The molecular formula is C56H97NO8. The molecule has 0 saturated carbocycles. The van der Waals surface area contributed by atoms with Crippen LogP contribution in [0.4, 0.5) is 0 Å². The maximum Gasteiger partial charge on any atom is 0.220 e. The molecule has 0 aromatic carbocycles. The van der Waals surface area contributed by atoms with Crippen LogP contribution in [0.25, 0.3) is 0 Å². The van der Waals surface area contributed by atoms with Crippen LogP contribution in [0.2, 0.25) is 0 Å². The number of hydrogen-bond donors (Lipinski definition) is 6. The van der Waals surface area contributed by atoms with E-state index in [0.29, 0.717) is 12.8 Å². The standard InChI is InChI=1S/C56H97NO8/c1-3-5-7-9-11-13-15-17-19-21-23-24-25-26-28-29-31-33-35-37-39-41-43-45-50(59)49(48-64-56-55(63)54(62)53(61)51(47-58)65-56)57-52(60)46-44-42-40-38-36-34-32-30-27-22-20-18-16-14-12-10-8-6-4-2/h6,8,12,14,18,20,27,30,34-37,43,45,49-51,53-56,58-59,61-63H,3-5,7,9-11,13,15-17,19,21-26,28-29,31-33,38-42,44,46-48H2,1-2H3,(H,57,60)/b8-6-,14-12-,20-18-,30-27-,36-34-,37-35+,45-43+. The molecule has 7 atom stereocenters. The summed E-state index contributed by atoms with van der Waals surface area (Å²) in [5.74, 6) is -0.220. The van der Waals surface area contributed by atoms with E-state index in [4.69, 9.17) is 9.47 Å². The van der Waals surface area contributed by atoms with Crippen molar-refractivity contribution >= 4 is 5.91 Å². The summed E-state index contributed by atoms with van der Waals surface area (Å²) in [6.45, 7) is 3.63. The van der Waals surface area contributed by atoms with Crippen LogP contribution < -0.4 is 5.32 Å². The van der Waals surface area contributed by atoms with Crippen LogP contribution in [-0.4, -0.2) is 87.5 Å². The van der Waals surface area contributed by atoms with Crippen molar-refractivity contribution in [3.8, 4) is 0 Å². The Kier molecular flexibility index (Phi) is 42.0. The van der Waals surface area contributed by atoms with E-state index in [0.717, 1.165) is 70.6 Å². The van der Waals surface area contributed by atoms with Gasteiger partial charge in [-0.3, -0.25) is 4.79 Å². The Hall–Kier alpha value is -2.63. The first-order chi connectivity index (χ1) is 31.8. The van der Waals surface area contributed by atoms with E-state index in [1.165, 1.54) is 109 Å². The van der Waals surface area contributed by atoms with Crippen LogP contribution >= 0.6 is 0 Å². The Morgan fingerprint density at radius 1 is 0.538 bits per heavy atom. The molecule has 0 radical (unpaired) electrons. The average Bonchev–Trinajstić information content (AvgIpc) is 3.31. The number of allylic oxidation sites excluding steroid dienone is 13. The van der Waals surface area contributed by atoms with Gasteiger partial charge in [-0.25, -0.2) is 0 Å². The van der Waals surface area contributed by atoms with Crippen molar-refractivity contribution < 1.29 is 39.8 Å². The molecule has 1 saturated heterocycles. The Bertz CT molecular complexity index is 1290. The van der Waals surface area contributed by atoms with Gasteiger partial charge in [0.05, 0.1) is 25.4 Å². The molecular weight excluding hydrogens is 815 g/mol. The quantitative estimate of drug-likeness (QED) is 0.0262. The maximum atomic E-state index is 13.0. The lowest BCUT2D eigenvalue weighted by Crippen LogP contribution is -2.60. The van der Waals surface area contributed by atoms with Gasteiger partial charge in [0.1, 0.15) is 24.4 Å². The number of rotatable bonds is 43. The summed E-state index contributed by atoms with van der Waals surface area (Å²) < 4.78 is 11.2. The molecule has 6 N–H and O–H groups in total. The Labute approximate surface area is 397 Å². The number of amides is 1. The highest BCUT2D eigenvalue weighted by Gasteiger charge is 2.44. The minimum atomic E-state index is -1.58. The summed E-state index contributed by atoms with van der Waals surface area (Å²) in [5, 5.41) is 54.3. The van der Waals surface area contributed by atoms with Gasteiger partial charge in [-0.05, 0) is 77.0 Å². The molecule has 7 unspecified atom stereocenters. The molecule has 1 heterocycles. The molecule has 374 valence electrons. The first kappa shape index (κ1) is 60.4. The number of aliphatic hydroxyl groups is 5. The van der Waals surface area contributed by atoms with Gasteiger partial charge in [-0.15, -0.1) is 0 Å². The molecule has 65 heavy (non-hydrogen) atoms. The van der Waals surface area contributed by atoms with Crippen LogP contribution in [0.5, 0.6) is 0 Å². The van der Waals surface area contributed by atoms with Gasteiger partial charge in [0.25, 0.3) is 0 Å². The lowest BCUT2D eigenvalue weighted by molar-refractivity contribution is -0.302. The molecule has 0 spiro atoms. The molecule has 1 aliphatic rings. The second kappa shape index (κ2) is 45.2. The maximum absolute atomic E-state index is 13.0. The van der Waals surface area contributed by atoms with Crippen LogP contribution in [0.1, 0.15) is 206 Å². The third kappa shape index (κ3) is 35.2. The van der Waals surface area contributed by atoms with E-state index >= 15 is 0 Å². The zero-order valence-electron chi connectivity index (χ0n) is 41.2. The van der Waals surface area contributed by atoms with Gasteiger partial charge in [0, 0.05) is 6.42 Å². The third-order valence-electron chi connectivity index (χ3n) is 12.0. The van der Waals surface area contributed by atoms with E-state index in [2.05, 4.69) is 92.1 Å². The summed E-state index contributed by atoms with van der Waals surface area (Å²) in [5.41, 5.74) is 0. The summed E-state index contributed by atoms with van der Waals surface area (Å²) >= 11 is 0. The van der Waals surface area contributed by atoms with E-state index in [1.807, 2.05) is 6.08 Å². The van der Waals surface area contributed by atoms with Crippen LogP contribution in [0, 0.1) is 0 Å². The van der Waals surface area contributed by atoms with Crippen LogP contribution in [-0.2, 0) is 14.3 Å². The molecule has 1 aliphatic heterocycles. The molecule has 0 aromatic rings. The number of carbonyl (C=O) groups is 1. The molecule has 0 aliphatic carbocycles. The first-order valence-electron chi connectivity index (χ1n) is 26.3. The first-order valence-corrected chi connectivity index (χ1v) is 26.3. The van der Waals surface area contributed by atoms with Gasteiger partial charge in [-0.1, -0.05) is 208 Å². The van der Waals surface area contributed by atoms with Crippen molar-refractivity contribution in [1.82, 2.24) is 5.32 Å². The van der Waals surface area contributed by atoms with Gasteiger partial charge in [0.2, 0.25) is 5.91 Å². The fourth-order valence-corrected chi connectivity index (χ4v) is 7.79. The molecule has 0 bridgehead atoms. The van der Waals surface area contributed by atoms with Crippen molar-refractivity contribution in [2.75, 3.05) is 13.2 Å². The van der Waals surface area contributed by atoms with Crippen molar-refractivity contribution in [2.24, 2.45) is 0 Å². The minimum Gasteiger partial charge on any atom is -0.394 e. The lowest BCUT2D eigenvalue weighted by Gasteiger charge is -2.40. The summed E-state index contributed by atoms with van der Waals surface area (Å²) in [4.78, 5) is 13.0. The highest BCUT2D eigenvalue weighted by molar-refractivity contribution is 5.76. The van der Waals surface area contributed by atoms with Crippen molar-refractivity contribution in [3.05, 3.63) is 85.1 Å². The molecule has 1 amide bonds. The predicted molar refractivity (Wildman–Crippen MR) is 271 cm³/mol. The normalized spacial score (nSPS) is 20.6. The highest BCUT2D eigenvalue weighted by Crippen LogP contribution is 2.22. The van der Waals surface area contributed by atoms with Crippen molar-refractivity contribution in [2.45, 2.75) is 249 Å². The highest BCUT2D eigenvalue weighted by atomic mass is 16.7. The fourth-order valence-electron chi connectivity index (χ4n) is 7.79.